The summed E-state index contributed by atoms with van der Waals surface area (Å²) in [5.41, 5.74) is 6.33. The number of nitrogen functional groups attached to an aromatic ring is 1. The molecular formula is C11H15N5O8. The molecule has 0 fully saturated rings. The van der Waals surface area contributed by atoms with E-state index >= 15 is 0 Å². The number of carbonyl (C=O) groups is 2. The highest BCUT2D eigenvalue weighted by atomic mass is 16.6. The van der Waals surface area contributed by atoms with Gasteiger partial charge in [0.2, 0.25) is 0 Å². The number of benzene rings is 1. The Labute approximate surface area is 134 Å². The molecule has 0 aromatic heterocycles. The third kappa shape index (κ3) is 7.10. The van der Waals surface area contributed by atoms with E-state index in [1.165, 1.54) is 6.07 Å². The maximum Gasteiger partial charge on any atom is 0.320 e. The monoisotopic (exact) mass is 345 g/mol. The van der Waals surface area contributed by atoms with Crippen LogP contribution in [-0.4, -0.2) is 38.0 Å². The van der Waals surface area contributed by atoms with Crippen LogP contribution in [0.15, 0.2) is 18.2 Å². The molecule has 1 atom stereocenters. The number of nitrogens with zero attached hydrogens (tertiary/aromatic N) is 2. The summed E-state index contributed by atoms with van der Waals surface area (Å²) in [7, 11) is 0. The lowest BCUT2D eigenvalue weighted by atomic mass is 10.2. The lowest BCUT2D eigenvalue weighted by Crippen LogP contribution is -2.30. The van der Waals surface area contributed by atoms with Crippen molar-refractivity contribution < 1.29 is 29.6 Å². The van der Waals surface area contributed by atoms with E-state index in [2.05, 4.69) is 5.43 Å². The molecule has 1 aromatic rings. The van der Waals surface area contributed by atoms with Crippen molar-refractivity contribution >= 4 is 29.0 Å². The van der Waals surface area contributed by atoms with E-state index in [-0.39, 0.29) is 24.2 Å². The van der Waals surface area contributed by atoms with Gasteiger partial charge in [-0.25, -0.2) is 0 Å². The van der Waals surface area contributed by atoms with Crippen molar-refractivity contribution in [2.75, 3.05) is 5.43 Å². The Bertz CT molecular complexity index is 635. The van der Waals surface area contributed by atoms with Crippen LogP contribution in [0.25, 0.3) is 0 Å². The number of rotatable bonds is 7. The summed E-state index contributed by atoms with van der Waals surface area (Å²) >= 11 is 0. The maximum absolute atomic E-state index is 10.4. The van der Waals surface area contributed by atoms with Gasteiger partial charge in [0.25, 0.3) is 5.69 Å². The fraction of sp³-hybridized carbons (Fsp3) is 0.273. The van der Waals surface area contributed by atoms with Gasteiger partial charge in [0.15, 0.2) is 0 Å². The summed E-state index contributed by atoms with van der Waals surface area (Å²) < 4.78 is 0. The van der Waals surface area contributed by atoms with Crippen LogP contribution in [0.3, 0.4) is 0 Å². The van der Waals surface area contributed by atoms with E-state index in [9.17, 15) is 29.8 Å². The van der Waals surface area contributed by atoms with Crippen LogP contribution in [-0.2, 0) is 9.59 Å². The zero-order chi connectivity index (χ0) is 18.9. The number of carboxylic acid groups (broad SMARTS) is 2. The zero-order valence-corrected chi connectivity index (χ0v) is 12.1. The van der Waals surface area contributed by atoms with Gasteiger partial charge in [-0.05, 0) is 12.5 Å². The van der Waals surface area contributed by atoms with Crippen molar-refractivity contribution in [3.8, 4) is 0 Å². The number of hydrogen-bond donors (Lipinski definition) is 5. The molecule has 0 saturated heterocycles. The zero-order valence-electron chi connectivity index (χ0n) is 12.1. The number of non-ortho nitro benzene ring substituents is 1. The lowest BCUT2D eigenvalue weighted by Gasteiger charge is -2.01. The number of nitrogens with two attached hydrogens (primary N) is 2. The molecule has 1 aromatic carbocycles. The van der Waals surface area contributed by atoms with Crippen LogP contribution in [0.5, 0.6) is 0 Å². The van der Waals surface area contributed by atoms with Crippen LogP contribution in [0.1, 0.15) is 12.8 Å². The highest BCUT2D eigenvalue weighted by molar-refractivity contribution is 5.74. The van der Waals surface area contributed by atoms with Gasteiger partial charge < -0.3 is 21.4 Å². The Balaban J connectivity index is 0.000000470. The molecule has 13 heteroatoms. The standard InChI is InChI=1S/C6H6N4O4.C5H9NO4/c7-8-5-2-1-4(9(11)12)3-6(5)10(13)14;6-3(5(9)10)1-2-4(7)8/h1-3,8H,7H2;3H,1-2,6H2,(H,7,8)(H,9,10)/t;3-/m.0/s1. The van der Waals surface area contributed by atoms with Gasteiger partial charge in [-0.2, -0.15) is 0 Å². The second kappa shape index (κ2) is 9.65. The Morgan fingerprint density at radius 2 is 1.79 bits per heavy atom. The normalized spacial score (nSPS) is 10.8. The van der Waals surface area contributed by atoms with Crippen LogP contribution in [0, 0.1) is 20.2 Å². The van der Waals surface area contributed by atoms with Gasteiger partial charge in [-0.1, -0.05) is 0 Å². The average molecular weight is 345 g/mol. The Morgan fingerprint density at radius 3 is 2.17 bits per heavy atom. The van der Waals surface area contributed by atoms with Crippen LogP contribution in [0.2, 0.25) is 0 Å². The number of nitro benzene ring substituents is 2. The second-order valence-electron chi connectivity index (χ2n) is 4.24. The van der Waals surface area contributed by atoms with Crippen LogP contribution >= 0.6 is 0 Å². The minimum atomic E-state index is -1.17. The third-order valence-electron chi connectivity index (χ3n) is 2.53. The number of nitro groups is 2. The molecule has 0 heterocycles. The van der Waals surface area contributed by atoms with Crippen molar-refractivity contribution in [2.45, 2.75) is 18.9 Å². The van der Waals surface area contributed by atoms with Crippen molar-refractivity contribution in [1.29, 1.82) is 0 Å². The molecule has 13 nitrogen and oxygen atoms in total. The minimum absolute atomic E-state index is 0.0231. The Morgan fingerprint density at radius 1 is 1.21 bits per heavy atom. The number of nitrogens with one attached hydrogen (secondary N) is 1. The van der Waals surface area contributed by atoms with Crippen molar-refractivity contribution in [2.24, 2.45) is 11.6 Å². The molecule has 0 radical (unpaired) electrons. The molecule has 7 N–H and O–H groups in total. The molecule has 0 amide bonds. The number of hydrogen-bond acceptors (Lipinski definition) is 9. The molecule has 0 aliphatic rings. The first-order valence-electron chi connectivity index (χ1n) is 6.19. The second-order valence-corrected chi connectivity index (χ2v) is 4.24. The van der Waals surface area contributed by atoms with Gasteiger partial charge in [-0.15, -0.1) is 0 Å². The smallest absolute Gasteiger partial charge is 0.320 e. The molecule has 0 spiro atoms. The first-order chi connectivity index (χ1) is 11.1. The number of carboxylic acids is 2. The van der Waals surface area contributed by atoms with Gasteiger partial charge in [0, 0.05) is 12.5 Å². The molecule has 0 aliphatic carbocycles. The van der Waals surface area contributed by atoms with E-state index in [4.69, 9.17) is 21.8 Å². The molecule has 1 rings (SSSR count). The van der Waals surface area contributed by atoms with Crippen molar-refractivity contribution in [3.05, 3.63) is 38.4 Å². The molecule has 0 unspecified atom stereocenters. The van der Waals surface area contributed by atoms with E-state index < -0.39 is 33.5 Å². The fourth-order valence-electron chi connectivity index (χ4n) is 1.31. The molecular weight excluding hydrogens is 330 g/mol. The molecule has 132 valence electrons. The number of anilines is 1. The first-order valence-corrected chi connectivity index (χ1v) is 6.19. The van der Waals surface area contributed by atoms with E-state index in [0.29, 0.717) is 0 Å². The van der Waals surface area contributed by atoms with Gasteiger partial charge in [0.05, 0.1) is 15.9 Å². The largest absolute Gasteiger partial charge is 0.481 e. The quantitative estimate of drug-likeness (QED) is 0.252. The molecule has 0 saturated carbocycles. The summed E-state index contributed by atoms with van der Waals surface area (Å²) in [6, 6.07) is 2.09. The summed E-state index contributed by atoms with van der Waals surface area (Å²) in [6.07, 6.45) is -0.224. The number of aliphatic carboxylic acids is 2. The van der Waals surface area contributed by atoms with Crippen LogP contribution in [0.4, 0.5) is 17.1 Å². The summed E-state index contributed by atoms with van der Waals surface area (Å²) in [6.45, 7) is 0. The van der Waals surface area contributed by atoms with E-state index in [1.54, 1.807) is 0 Å². The Hall–Kier alpha value is -3.32. The van der Waals surface area contributed by atoms with Gasteiger partial charge in [0.1, 0.15) is 11.7 Å². The first kappa shape index (κ1) is 20.7. The SMILES string of the molecule is NNc1ccc([N+](=O)[O-])cc1[N+](=O)[O-].N[C@@H](CCC(=O)O)C(=O)O. The summed E-state index contributed by atoms with van der Waals surface area (Å²) in [5.74, 6) is 2.79. The van der Waals surface area contributed by atoms with E-state index in [1.807, 2.05) is 0 Å². The fourth-order valence-corrected chi connectivity index (χ4v) is 1.31. The van der Waals surface area contributed by atoms with Crippen molar-refractivity contribution in [1.82, 2.24) is 0 Å². The highest BCUT2D eigenvalue weighted by Gasteiger charge is 2.18. The van der Waals surface area contributed by atoms with Crippen LogP contribution < -0.4 is 17.0 Å². The number of hydrazine groups is 1. The third-order valence-corrected chi connectivity index (χ3v) is 2.53. The lowest BCUT2D eigenvalue weighted by molar-refractivity contribution is -0.393. The predicted octanol–water partition coefficient (Wildman–Crippen LogP) is 0.0517. The van der Waals surface area contributed by atoms with Gasteiger partial charge in [-0.3, -0.25) is 35.7 Å². The van der Waals surface area contributed by atoms with Crippen molar-refractivity contribution in [3.63, 3.8) is 0 Å². The topological polar surface area (TPSA) is 225 Å². The predicted molar refractivity (Wildman–Crippen MR) is 80.0 cm³/mol. The van der Waals surface area contributed by atoms with E-state index in [0.717, 1.165) is 12.1 Å². The highest BCUT2D eigenvalue weighted by Crippen LogP contribution is 2.27. The summed E-state index contributed by atoms with van der Waals surface area (Å²) in [5, 5.41) is 37.0. The summed E-state index contributed by atoms with van der Waals surface area (Å²) in [4.78, 5) is 39.2. The molecule has 0 bridgehead atoms. The maximum atomic E-state index is 10.4. The van der Waals surface area contributed by atoms with Gasteiger partial charge >= 0.3 is 17.6 Å². The average Bonchev–Trinajstić information content (AvgIpc) is 2.52. The minimum Gasteiger partial charge on any atom is -0.481 e. The molecule has 24 heavy (non-hydrogen) atoms. The Kier molecular flexibility index (Phi) is 8.31. The molecule has 0 aliphatic heterocycles.